The maximum atomic E-state index is 6.08. The first-order valence-corrected chi connectivity index (χ1v) is 6.00. The molecule has 2 rings (SSSR count). The predicted octanol–water partition coefficient (Wildman–Crippen LogP) is 3.00. The van der Waals surface area contributed by atoms with Gasteiger partial charge in [0.05, 0.1) is 11.6 Å². The summed E-state index contributed by atoms with van der Waals surface area (Å²) < 4.78 is 11.7. The number of halogens is 1. The molecule has 0 spiro atoms. The van der Waals surface area contributed by atoms with Gasteiger partial charge in [0.25, 0.3) is 0 Å². The average molecular weight is 274 g/mol. The van der Waals surface area contributed by atoms with Crippen molar-refractivity contribution >= 4 is 15.9 Å². The Balaban J connectivity index is 1.99. The lowest BCUT2D eigenvalue weighted by Crippen LogP contribution is -2.41. The summed E-state index contributed by atoms with van der Waals surface area (Å²) in [5.41, 5.74) is 6.08. The molecule has 0 bridgehead atoms. The minimum atomic E-state index is -0.0726. The second-order valence-electron chi connectivity index (χ2n) is 4.19. The van der Waals surface area contributed by atoms with E-state index < -0.39 is 0 Å². The summed E-state index contributed by atoms with van der Waals surface area (Å²) in [6, 6.07) is 3.71. The first-order chi connectivity index (χ1) is 7.15. The lowest BCUT2D eigenvalue weighted by atomic mass is 9.75. The van der Waals surface area contributed by atoms with E-state index in [1.54, 1.807) is 7.11 Å². The molecule has 4 heteroatoms. The summed E-state index contributed by atoms with van der Waals surface area (Å²) in [5.74, 6) is 0.824. The third kappa shape index (κ3) is 2.27. The van der Waals surface area contributed by atoms with Crippen molar-refractivity contribution in [1.29, 1.82) is 0 Å². The fraction of sp³-hybridized carbons (Fsp3) is 0.636. The minimum Gasteiger partial charge on any atom is -0.453 e. The van der Waals surface area contributed by atoms with Crippen molar-refractivity contribution in [2.75, 3.05) is 7.11 Å². The average Bonchev–Trinajstić information content (AvgIpc) is 2.58. The van der Waals surface area contributed by atoms with Gasteiger partial charge >= 0.3 is 0 Å². The Morgan fingerprint density at radius 2 is 2.33 bits per heavy atom. The topological polar surface area (TPSA) is 48.4 Å². The van der Waals surface area contributed by atoms with Gasteiger partial charge in [-0.1, -0.05) is 0 Å². The van der Waals surface area contributed by atoms with Gasteiger partial charge in [-0.25, -0.2) is 0 Å². The Hall–Kier alpha value is -0.320. The zero-order chi connectivity index (χ0) is 10.9. The highest BCUT2D eigenvalue weighted by molar-refractivity contribution is 9.10. The largest absolute Gasteiger partial charge is 0.453 e. The molecule has 84 valence electrons. The molecule has 1 heterocycles. The third-order valence-corrected chi connectivity index (χ3v) is 3.68. The zero-order valence-electron chi connectivity index (χ0n) is 8.83. The molecule has 15 heavy (non-hydrogen) atoms. The quantitative estimate of drug-likeness (QED) is 0.918. The monoisotopic (exact) mass is 273 g/mol. The predicted molar refractivity (Wildman–Crippen MR) is 61.5 cm³/mol. The number of hydrogen-bond donors (Lipinski definition) is 1. The summed E-state index contributed by atoms with van der Waals surface area (Å²) >= 11 is 3.27. The van der Waals surface area contributed by atoms with E-state index in [0.717, 1.165) is 29.7 Å². The molecule has 0 aliphatic heterocycles. The summed E-state index contributed by atoms with van der Waals surface area (Å²) in [7, 11) is 1.77. The molecule has 0 amide bonds. The maximum absolute atomic E-state index is 6.08. The number of rotatable bonds is 4. The van der Waals surface area contributed by atoms with Crippen molar-refractivity contribution in [3.63, 3.8) is 0 Å². The van der Waals surface area contributed by atoms with Crippen LogP contribution in [0.25, 0.3) is 0 Å². The number of hydrogen-bond acceptors (Lipinski definition) is 3. The van der Waals surface area contributed by atoms with Gasteiger partial charge in [0.1, 0.15) is 5.76 Å². The number of nitrogens with two attached hydrogens (primary N) is 1. The molecule has 1 atom stereocenters. The van der Waals surface area contributed by atoms with Crippen LogP contribution in [0, 0.1) is 0 Å². The molecule has 1 aliphatic carbocycles. The second kappa shape index (κ2) is 4.28. The molecule has 1 unspecified atom stereocenters. The highest BCUT2D eigenvalue weighted by Crippen LogP contribution is 2.41. The third-order valence-electron chi connectivity index (χ3n) is 3.25. The van der Waals surface area contributed by atoms with Crippen molar-refractivity contribution in [2.45, 2.75) is 37.3 Å². The molecule has 1 aliphatic rings. The molecule has 0 saturated heterocycles. The van der Waals surface area contributed by atoms with E-state index >= 15 is 0 Å². The van der Waals surface area contributed by atoms with Crippen LogP contribution in [-0.4, -0.2) is 12.7 Å². The van der Waals surface area contributed by atoms with Crippen molar-refractivity contribution in [2.24, 2.45) is 5.73 Å². The Morgan fingerprint density at radius 1 is 1.60 bits per heavy atom. The molecular weight excluding hydrogens is 258 g/mol. The minimum absolute atomic E-state index is 0.00131. The van der Waals surface area contributed by atoms with Crippen molar-refractivity contribution < 1.29 is 9.15 Å². The summed E-state index contributed by atoms with van der Waals surface area (Å²) in [5, 5.41) is 0. The fourth-order valence-corrected chi connectivity index (χ4v) is 2.41. The molecule has 2 N–H and O–H groups in total. The van der Waals surface area contributed by atoms with E-state index in [1.165, 1.54) is 6.42 Å². The maximum Gasteiger partial charge on any atom is 0.169 e. The van der Waals surface area contributed by atoms with Crippen LogP contribution < -0.4 is 5.73 Å². The van der Waals surface area contributed by atoms with Crippen molar-refractivity contribution in [1.82, 2.24) is 0 Å². The number of ether oxygens (including phenoxy) is 1. The summed E-state index contributed by atoms with van der Waals surface area (Å²) in [6.07, 6.45) is 4.30. The molecule has 1 aromatic rings. The lowest BCUT2D eigenvalue weighted by Gasteiger charge is -2.41. The van der Waals surface area contributed by atoms with Crippen LogP contribution in [0.4, 0.5) is 0 Å². The standard InChI is InChI=1S/C11H16BrNO2/c1-14-11(5-2-6-11)7-8(13)9-3-4-10(12)15-9/h3-4,8H,2,5-7,13H2,1H3. The van der Waals surface area contributed by atoms with E-state index in [2.05, 4.69) is 15.9 Å². The van der Waals surface area contributed by atoms with E-state index in [1.807, 2.05) is 12.1 Å². The summed E-state index contributed by atoms with van der Waals surface area (Å²) in [6.45, 7) is 0. The summed E-state index contributed by atoms with van der Waals surface area (Å²) in [4.78, 5) is 0. The molecule has 1 aromatic heterocycles. The highest BCUT2D eigenvalue weighted by atomic mass is 79.9. The molecule has 1 fully saturated rings. The van der Waals surface area contributed by atoms with E-state index in [0.29, 0.717) is 0 Å². The fourth-order valence-electron chi connectivity index (χ4n) is 2.09. The first kappa shape index (κ1) is 11.2. The van der Waals surface area contributed by atoms with E-state index in [9.17, 15) is 0 Å². The smallest absolute Gasteiger partial charge is 0.169 e. The van der Waals surface area contributed by atoms with Crippen LogP contribution in [0.15, 0.2) is 21.2 Å². The van der Waals surface area contributed by atoms with Gasteiger partial charge in [0, 0.05) is 7.11 Å². The van der Waals surface area contributed by atoms with Gasteiger partial charge in [-0.15, -0.1) is 0 Å². The number of furan rings is 1. The Labute approximate surface area is 98.1 Å². The van der Waals surface area contributed by atoms with Crippen LogP contribution >= 0.6 is 15.9 Å². The van der Waals surface area contributed by atoms with Crippen molar-refractivity contribution in [3.05, 3.63) is 22.6 Å². The zero-order valence-corrected chi connectivity index (χ0v) is 10.4. The normalized spacial score (nSPS) is 21.0. The molecule has 0 radical (unpaired) electrons. The van der Waals surface area contributed by atoms with Crippen LogP contribution in [0.1, 0.15) is 37.5 Å². The Kier molecular flexibility index (Phi) is 3.19. The molecule has 0 aromatic carbocycles. The van der Waals surface area contributed by atoms with E-state index in [4.69, 9.17) is 14.9 Å². The van der Waals surface area contributed by atoms with Gasteiger partial charge in [0.2, 0.25) is 0 Å². The first-order valence-electron chi connectivity index (χ1n) is 5.21. The highest BCUT2D eigenvalue weighted by Gasteiger charge is 2.39. The van der Waals surface area contributed by atoms with Gasteiger partial charge in [-0.2, -0.15) is 0 Å². The van der Waals surface area contributed by atoms with E-state index in [-0.39, 0.29) is 11.6 Å². The van der Waals surface area contributed by atoms with Crippen LogP contribution in [0.5, 0.6) is 0 Å². The Morgan fingerprint density at radius 3 is 2.73 bits per heavy atom. The molecular formula is C11H16BrNO2. The Bertz CT molecular complexity index is 328. The van der Waals surface area contributed by atoms with Crippen LogP contribution in [0.3, 0.4) is 0 Å². The van der Waals surface area contributed by atoms with Gasteiger partial charge in [-0.05, 0) is 53.7 Å². The van der Waals surface area contributed by atoms with Crippen molar-refractivity contribution in [3.8, 4) is 0 Å². The van der Waals surface area contributed by atoms with Crippen LogP contribution in [-0.2, 0) is 4.74 Å². The SMILES string of the molecule is COC1(CC(N)c2ccc(Br)o2)CCC1. The number of methoxy groups -OCH3 is 1. The molecule has 1 saturated carbocycles. The van der Waals surface area contributed by atoms with Gasteiger partial charge in [0.15, 0.2) is 4.67 Å². The van der Waals surface area contributed by atoms with Gasteiger partial charge < -0.3 is 14.9 Å². The molecule has 3 nitrogen and oxygen atoms in total. The van der Waals surface area contributed by atoms with Gasteiger partial charge in [-0.3, -0.25) is 0 Å². The second-order valence-corrected chi connectivity index (χ2v) is 4.97. The lowest BCUT2D eigenvalue weighted by molar-refractivity contribution is -0.0826. The van der Waals surface area contributed by atoms with Crippen LogP contribution in [0.2, 0.25) is 0 Å².